The fourth-order valence-corrected chi connectivity index (χ4v) is 3.84. The number of pyridine rings is 1. The van der Waals surface area contributed by atoms with Gasteiger partial charge in [0, 0.05) is 12.3 Å². The Morgan fingerprint density at radius 1 is 1.11 bits per heavy atom. The Bertz CT molecular complexity index is 1100. The van der Waals surface area contributed by atoms with Crippen LogP contribution in [0, 0.1) is 13.8 Å². The molecule has 1 N–H and O–H groups in total. The van der Waals surface area contributed by atoms with Gasteiger partial charge in [0.1, 0.15) is 15.7 Å². The number of thiazole rings is 1. The predicted octanol–water partition coefficient (Wildman–Crippen LogP) is 4.32. The largest absolute Gasteiger partial charge is 0.306 e. The van der Waals surface area contributed by atoms with E-state index in [2.05, 4.69) is 20.4 Å². The number of carbonyl (C=O) groups excluding carboxylic acids is 1. The molecule has 1 amide bonds. The maximum Gasteiger partial charge on any atom is 0.268 e. The number of nitrogens with zero attached hydrogens (tertiary/aromatic N) is 4. The van der Waals surface area contributed by atoms with E-state index in [-0.39, 0.29) is 5.91 Å². The minimum atomic E-state index is -0.189. The van der Waals surface area contributed by atoms with E-state index in [1.807, 2.05) is 68.4 Å². The molecule has 6 nitrogen and oxygen atoms in total. The van der Waals surface area contributed by atoms with Gasteiger partial charge in [-0.25, -0.2) is 9.67 Å². The Balaban J connectivity index is 1.57. The summed E-state index contributed by atoms with van der Waals surface area (Å²) in [5.74, 6) is 0.477. The average molecular weight is 389 g/mol. The van der Waals surface area contributed by atoms with Gasteiger partial charge in [0.2, 0.25) is 0 Å². The molecule has 4 rings (SSSR count). The maximum absolute atomic E-state index is 12.9. The summed E-state index contributed by atoms with van der Waals surface area (Å²) in [6.07, 6.45) is 1.72. The molecule has 1 aromatic carbocycles. The van der Waals surface area contributed by atoms with Crippen LogP contribution < -0.4 is 5.32 Å². The highest BCUT2D eigenvalue weighted by Gasteiger charge is 2.18. The molecule has 4 aromatic rings. The third kappa shape index (κ3) is 3.84. The van der Waals surface area contributed by atoms with Crippen LogP contribution in [0.4, 0.5) is 5.82 Å². The highest BCUT2D eigenvalue weighted by Crippen LogP contribution is 2.27. The molecule has 0 aliphatic rings. The van der Waals surface area contributed by atoms with Crippen LogP contribution in [-0.2, 0) is 6.54 Å². The number of anilines is 1. The Kier molecular flexibility index (Phi) is 4.99. The number of benzene rings is 1. The Morgan fingerprint density at radius 2 is 1.89 bits per heavy atom. The number of hydrogen-bond donors (Lipinski definition) is 1. The summed E-state index contributed by atoms with van der Waals surface area (Å²) in [6, 6.07) is 17.6. The summed E-state index contributed by atoms with van der Waals surface area (Å²) in [4.78, 5) is 22.3. The van der Waals surface area contributed by atoms with Crippen LogP contribution in [-0.4, -0.2) is 25.7 Å². The molecule has 28 heavy (non-hydrogen) atoms. The van der Waals surface area contributed by atoms with E-state index in [9.17, 15) is 4.79 Å². The van der Waals surface area contributed by atoms with Crippen molar-refractivity contribution in [3.05, 3.63) is 82.6 Å². The first kappa shape index (κ1) is 18.1. The summed E-state index contributed by atoms with van der Waals surface area (Å²) in [5, 5.41) is 8.23. The number of carbonyl (C=O) groups is 1. The van der Waals surface area contributed by atoms with Crippen molar-refractivity contribution >= 4 is 23.1 Å². The number of aromatic nitrogens is 4. The van der Waals surface area contributed by atoms with Gasteiger partial charge in [-0.05, 0) is 31.5 Å². The van der Waals surface area contributed by atoms with Gasteiger partial charge in [0.05, 0.1) is 23.6 Å². The highest BCUT2D eigenvalue weighted by atomic mass is 32.1. The number of hydrogen-bond acceptors (Lipinski definition) is 5. The van der Waals surface area contributed by atoms with E-state index in [1.165, 1.54) is 11.3 Å². The van der Waals surface area contributed by atoms with Gasteiger partial charge in [-0.1, -0.05) is 36.4 Å². The molecule has 0 aliphatic carbocycles. The molecule has 7 heteroatoms. The quantitative estimate of drug-likeness (QED) is 0.552. The molecule has 140 valence electrons. The monoisotopic (exact) mass is 389 g/mol. The second kappa shape index (κ2) is 7.74. The van der Waals surface area contributed by atoms with Crippen molar-refractivity contribution in [2.24, 2.45) is 0 Å². The van der Waals surface area contributed by atoms with Crippen molar-refractivity contribution < 1.29 is 4.79 Å². The second-order valence-electron chi connectivity index (χ2n) is 6.42. The van der Waals surface area contributed by atoms with Crippen LogP contribution in [0.1, 0.15) is 26.6 Å². The number of aryl methyl sites for hydroxylation is 2. The number of amides is 1. The molecule has 0 unspecified atom stereocenters. The van der Waals surface area contributed by atoms with Gasteiger partial charge < -0.3 is 5.32 Å². The van der Waals surface area contributed by atoms with Crippen molar-refractivity contribution in [3.63, 3.8) is 0 Å². The van der Waals surface area contributed by atoms with Crippen LogP contribution in [0.15, 0.2) is 60.8 Å². The molecule has 3 heterocycles. The molecule has 0 bridgehead atoms. The summed E-state index contributed by atoms with van der Waals surface area (Å²) < 4.78 is 1.80. The van der Waals surface area contributed by atoms with Crippen molar-refractivity contribution in [1.82, 2.24) is 19.7 Å². The van der Waals surface area contributed by atoms with E-state index in [4.69, 9.17) is 0 Å². The van der Waals surface area contributed by atoms with Crippen LogP contribution >= 0.6 is 11.3 Å². The Morgan fingerprint density at radius 3 is 2.64 bits per heavy atom. The average Bonchev–Trinajstić information content (AvgIpc) is 3.25. The van der Waals surface area contributed by atoms with Crippen molar-refractivity contribution in [3.8, 4) is 10.7 Å². The lowest BCUT2D eigenvalue weighted by Gasteiger charge is -2.08. The fraction of sp³-hybridized carbons (Fsp3) is 0.143. The lowest BCUT2D eigenvalue weighted by molar-refractivity contribution is 0.102. The van der Waals surface area contributed by atoms with Gasteiger partial charge in [0.15, 0.2) is 0 Å². The number of rotatable bonds is 5. The lowest BCUT2D eigenvalue weighted by Crippen LogP contribution is -2.16. The first-order valence-electron chi connectivity index (χ1n) is 8.89. The minimum absolute atomic E-state index is 0.189. The molecule has 0 aliphatic heterocycles. The van der Waals surface area contributed by atoms with Gasteiger partial charge in [-0.15, -0.1) is 11.3 Å². The predicted molar refractivity (Wildman–Crippen MR) is 111 cm³/mol. The molecule has 0 radical (unpaired) electrons. The van der Waals surface area contributed by atoms with E-state index in [0.717, 1.165) is 22.0 Å². The number of nitrogens with one attached hydrogen (secondary N) is 1. The molecule has 3 aromatic heterocycles. The van der Waals surface area contributed by atoms with Crippen LogP contribution in [0.25, 0.3) is 10.7 Å². The SMILES string of the molecule is Cc1cc(NC(=O)c2sc(-c3ccccn3)nc2C)n(Cc2ccccc2)n1. The molecule has 0 saturated heterocycles. The fourth-order valence-electron chi connectivity index (χ4n) is 2.90. The van der Waals surface area contributed by atoms with E-state index < -0.39 is 0 Å². The zero-order chi connectivity index (χ0) is 19.5. The third-order valence-electron chi connectivity index (χ3n) is 4.21. The van der Waals surface area contributed by atoms with Gasteiger partial charge >= 0.3 is 0 Å². The molecule has 0 spiro atoms. The van der Waals surface area contributed by atoms with Gasteiger partial charge in [-0.3, -0.25) is 9.78 Å². The zero-order valence-electron chi connectivity index (χ0n) is 15.6. The second-order valence-corrected chi connectivity index (χ2v) is 7.42. The zero-order valence-corrected chi connectivity index (χ0v) is 16.4. The summed E-state index contributed by atoms with van der Waals surface area (Å²) in [5.41, 5.74) is 3.42. The smallest absolute Gasteiger partial charge is 0.268 e. The van der Waals surface area contributed by atoms with Crippen molar-refractivity contribution in [2.45, 2.75) is 20.4 Å². The summed E-state index contributed by atoms with van der Waals surface area (Å²) in [7, 11) is 0. The van der Waals surface area contributed by atoms with Gasteiger partial charge in [-0.2, -0.15) is 5.10 Å². The molecular weight excluding hydrogens is 370 g/mol. The first-order chi connectivity index (χ1) is 13.6. The Hall–Kier alpha value is -3.32. The van der Waals surface area contributed by atoms with Crippen molar-refractivity contribution in [1.29, 1.82) is 0 Å². The third-order valence-corrected chi connectivity index (χ3v) is 5.38. The topological polar surface area (TPSA) is 72.7 Å². The van der Waals surface area contributed by atoms with E-state index in [1.54, 1.807) is 10.9 Å². The molecule has 0 fully saturated rings. The highest BCUT2D eigenvalue weighted by molar-refractivity contribution is 7.17. The van der Waals surface area contributed by atoms with Crippen LogP contribution in [0.2, 0.25) is 0 Å². The molecule has 0 atom stereocenters. The Labute approximate surface area is 166 Å². The van der Waals surface area contributed by atoms with Gasteiger partial charge in [0.25, 0.3) is 5.91 Å². The molecular formula is C21H19N5OS. The maximum atomic E-state index is 12.9. The van der Waals surface area contributed by atoms with Crippen molar-refractivity contribution in [2.75, 3.05) is 5.32 Å². The van der Waals surface area contributed by atoms with Crippen LogP contribution in [0.3, 0.4) is 0 Å². The minimum Gasteiger partial charge on any atom is -0.306 e. The summed E-state index contributed by atoms with van der Waals surface area (Å²) >= 11 is 1.34. The van der Waals surface area contributed by atoms with E-state index in [0.29, 0.717) is 22.9 Å². The summed E-state index contributed by atoms with van der Waals surface area (Å²) in [6.45, 7) is 4.34. The van der Waals surface area contributed by atoms with E-state index >= 15 is 0 Å². The lowest BCUT2D eigenvalue weighted by atomic mass is 10.2. The molecule has 0 saturated carbocycles. The first-order valence-corrected chi connectivity index (χ1v) is 9.70. The normalized spacial score (nSPS) is 10.8. The standard InChI is InChI=1S/C21H19N5OS/c1-14-12-18(26(25-14)13-16-8-4-3-5-9-16)24-20(27)19-15(2)23-21(28-19)17-10-6-7-11-22-17/h3-12H,13H2,1-2H3,(H,24,27). The van der Waals surface area contributed by atoms with Crippen LogP contribution in [0.5, 0.6) is 0 Å².